The zero-order valence-corrected chi connectivity index (χ0v) is 14.8. The number of halogens is 1. The summed E-state index contributed by atoms with van der Waals surface area (Å²) in [6.07, 6.45) is 0. The van der Waals surface area contributed by atoms with E-state index in [9.17, 15) is 4.79 Å². The predicted octanol–water partition coefficient (Wildman–Crippen LogP) is 3.64. The second-order valence-corrected chi connectivity index (χ2v) is 6.35. The van der Waals surface area contributed by atoms with Crippen LogP contribution in [0, 0.1) is 6.92 Å². The number of anilines is 2. The Morgan fingerprint density at radius 3 is 2.54 bits per heavy atom. The SMILES string of the molecule is CCN1CCN(c2ccc(NC(=O)c3ccc(Cl)o3)cc2C)CC1. The van der Waals surface area contributed by atoms with Gasteiger partial charge in [-0.2, -0.15) is 0 Å². The summed E-state index contributed by atoms with van der Waals surface area (Å²) >= 11 is 5.70. The summed E-state index contributed by atoms with van der Waals surface area (Å²) < 4.78 is 5.13. The van der Waals surface area contributed by atoms with E-state index in [1.165, 1.54) is 5.69 Å². The maximum absolute atomic E-state index is 12.1. The van der Waals surface area contributed by atoms with E-state index in [-0.39, 0.29) is 16.9 Å². The monoisotopic (exact) mass is 347 g/mol. The lowest BCUT2D eigenvalue weighted by Gasteiger charge is -2.36. The van der Waals surface area contributed by atoms with Crippen LogP contribution >= 0.6 is 11.6 Å². The molecule has 1 aliphatic heterocycles. The number of nitrogens with one attached hydrogen (secondary N) is 1. The summed E-state index contributed by atoms with van der Waals surface area (Å²) in [5, 5.41) is 3.05. The number of aryl methyl sites for hydroxylation is 1. The van der Waals surface area contributed by atoms with Gasteiger partial charge < -0.3 is 19.5 Å². The van der Waals surface area contributed by atoms with Gasteiger partial charge in [-0.3, -0.25) is 4.79 Å². The first kappa shape index (κ1) is 16.9. The molecule has 0 unspecified atom stereocenters. The fourth-order valence-electron chi connectivity index (χ4n) is 3.02. The Labute approximate surface area is 147 Å². The lowest BCUT2D eigenvalue weighted by Crippen LogP contribution is -2.46. The maximum Gasteiger partial charge on any atom is 0.291 e. The number of piperazine rings is 1. The zero-order chi connectivity index (χ0) is 17.1. The van der Waals surface area contributed by atoms with Gasteiger partial charge in [-0.1, -0.05) is 6.92 Å². The van der Waals surface area contributed by atoms with E-state index in [4.69, 9.17) is 16.0 Å². The number of benzene rings is 1. The van der Waals surface area contributed by atoms with E-state index >= 15 is 0 Å². The number of hydrogen-bond donors (Lipinski definition) is 1. The Morgan fingerprint density at radius 2 is 1.96 bits per heavy atom. The van der Waals surface area contributed by atoms with Gasteiger partial charge in [0.2, 0.25) is 0 Å². The maximum atomic E-state index is 12.1. The van der Waals surface area contributed by atoms with E-state index in [0.29, 0.717) is 0 Å². The van der Waals surface area contributed by atoms with Gasteiger partial charge in [0, 0.05) is 37.6 Å². The van der Waals surface area contributed by atoms with Crippen LogP contribution in [0.2, 0.25) is 5.22 Å². The largest absolute Gasteiger partial charge is 0.440 e. The van der Waals surface area contributed by atoms with Crippen LogP contribution in [0.1, 0.15) is 23.0 Å². The first-order valence-electron chi connectivity index (χ1n) is 8.21. The van der Waals surface area contributed by atoms with E-state index in [0.717, 1.165) is 44.0 Å². The second-order valence-electron chi connectivity index (χ2n) is 5.98. The number of likely N-dealkylation sites (N-methyl/N-ethyl adjacent to an activating group) is 1. The van der Waals surface area contributed by atoms with Gasteiger partial charge in [-0.25, -0.2) is 0 Å². The van der Waals surface area contributed by atoms with Crippen molar-refractivity contribution in [3.8, 4) is 0 Å². The molecule has 1 aromatic heterocycles. The van der Waals surface area contributed by atoms with E-state index in [2.05, 4.69) is 35.0 Å². The van der Waals surface area contributed by atoms with Crippen molar-refractivity contribution >= 4 is 28.9 Å². The number of carbonyl (C=O) groups excluding carboxylic acids is 1. The molecule has 24 heavy (non-hydrogen) atoms. The quantitative estimate of drug-likeness (QED) is 0.917. The molecule has 1 saturated heterocycles. The Hall–Kier alpha value is -1.98. The Morgan fingerprint density at radius 1 is 1.21 bits per heavy atom. The Kier molecular flexibility index (Phi) is 5.11. The van der Waals surface area contributed by atoms with Crippen LogP contribution in [-0.4, -0.2) is 43.5 Å². The average molecular weight is 348 g/mol. The first-order chi connectivity index (χ1) is 11.6. The molecule has 1 aliphatic rings. The van der Waals surface area contributed by atoms with Crippen molar-refractivity contribution in [2.24, 2.45) is 0 Å². The molecule has 1 fully saturated rings. The first-order valence-corrected chi connectivity index (χ1v) is 8.59. The van der Waals surface area contributed by atoms with Crippen LogP contribution in [0.5, 0.6) is 0 Å². The van der Waals surface area contributed by atoms with Crippen LogP contribution in [0.4, 0.5) is 11.4 Å². The lowest BCUT2D eigenvalue weighted by molar-refractivity contribution is 0.0997. The second kappa shape index (κ2) is 7.28. The molecular weight excluding hydrogens is 326 g/mol. The molecule has 3 rings (SSSR count). The van der Waals surface area contributed by atoms with Crippen LogP contribution in [0.3, 0.4) is 0 Å². The molecule has 0 radical (unpaired) electrons. The number of amides is 1. The van der Waals surface area contributed by atoms with Crippen LogP contribution in [-0.2, 0) is 0 Å². The summed E-state index contributed by atoms with van der Waals surface area (Å²) in [6.45, 7) is 9.62. The number of carbonyl (C=O) groups is 1. The molecule has 1 aromatic carbocycles. The summed E-state index contributed by atoms with van der Waals surface area (Å²) in [5.74, 6) is -0.0944. The van der Waals surface area contributed by atoms with E-state index in [1.807, 2.05) is 12.1 Å². The Bertz CT molecular complexity index is 721. The molecule has 5 nitrogen and oxygen atoms in total. The highest BCUT2D eigenvalue weighted by molar-refractivity contribution is 6.29. The fourth-order valence-corrected chi connectivity index (χ4v) is 3.17. The molecule has 128 valence electrons. The summed E-state index contributed by atoms with van der Waals surface area (Å²) in [4.78, 5) is 17.0. The van der Waals surface area contributed by atoms with Gasteiger partial charge >= 0.3 is 0 Å². The van der Waals surface area contributed by atoms with Gasteiger partial charge in [-0.15, -0.1) is 0 Å². The van der Waals surface area contributed by atoms with Gasteiger partial charge in [0.05, 0.1) is 0 Å². The highest BCUT2D eigenvalue weighted by atomic mass is 35.5. The van der Waals surface area contributed by atoms with E-state index in [1.54, 1.807) is 12.1 Å². The molecule has 0 aliphatic carbocycles. The molecule has 0 spiro atoms. The van der Waals surface area contributed by atoms with Crippen LogP contribution in [0.25, 0.3) is 0 Å². The number of furan rings is 1. The zero-order valence-electron chi connectivity index (χ0n) is 14.0. The van der Waals surface area contributed by atoms with Gasteiger partial charge in [-0.05, 0) is 61.0 Å². The van der Waals surface area contributed by atoms with E-state index < -0.39 is 0 Å². The lowest BCUT2D eigenvalue weighted by atomic mass is 10.1. The van der Waals surface area contributed by atoms with Crippen molar-refractivity contribution in [3.63, 3.8) is 0 Å². The van der Waals surface area contributed by atoms with Crippen molar-refractivity contribution in [1.82, 2.24) is 4.90 Å². The normalized spacial score (nSPS) is 15.5. The third-order valence-corrected chi connectivity index (χ3v) is 4.61. The van der Waals surface area contributed by atoms with Crippen molar-refractivity contribution in [3.05, 3.63) is 46.9 Å². The van der Waals surface area contributed by atoms with Gasteiger partial charge in [0.1, 0.15) is 0 Å². The molecular formula is C18H22ClN3O2. The average Bonchev–Trinajstić information content (AvgIpc) is 3.02. The van der Waals surface area contributed by atoms with Crippen molar-refractivity contribution < 1.29 is 9.21 Å². The van der Waals surface area contributed by atoms with Gasteiger partial charge in [0.25, 0.3) is 5.91 Å². The summed E-state index contributed by atoms with van der Waals surface area (Å²) in [5.41, 5.74) is 3.13. The highest BCUT2D eigenvalue weighted by Gasteiger charge is 2.18. The standard InChI is InChI=1S/C18H22ClN3O2/c1-3-21-8-10-22(11-9-21)15-5-4-14(12-13(15)2)20-18(23)16-6-7-17(19)24-16/h4-7,12H,3,8-11H2,1-2H3,(H,20,23). The number of hydrogen-bond acceptors (Lipinski definition) is 4. The highest BCUT2D eigenvalue weighted by Crippen LogP contribution is 2.25. The Balaban J connectivity index is 1.67. The molecule has 0 saturated carbocycles. The third-order valence-electron chi connectivity index (χ3n) is 4.41. The van der Waals surface area contributed by atoms with Crippen LogP contribution in [0.15, 0.2) is 34.7 Å². The number of nitrogens with zero attached hydrogens (tertiary/aromatic N) is 2. The molecule has 1 amide bonds. The predicted molar refractivity (Wildman–Crippen MR) is 97.2 cm³/mol. The fraction of sp³-hybridized carbons (Fsp3) is 0.389. The van der Waals surface area contributed by atoms with Crippen molar-refractivity contribution in [1.29, 1.82) is 0 Å². The minimum absolute atomic E-state index is 0.206. The molecule has 0 bridgehead atoms. The smallest absolute Gasteiger partial charge is 0.291 e. The van der Waals surface area contributed by atoms with Crippen molar-refractivity contribution in [2.45, 2.75) is 13.8 Å². The van der Waals surface area contributed by atoms with Gasteiger partial charge in [0.15, 0.2) is 11.0 Å². The molecule has 1 N–H and O–H groups in total. The third kappa shape index (κ3) is 3.74. The topological polar surface area (TPSA) is 48.7 Å². The molecule has 2 aromatic rings. The summed E-state index contributed by atoms with van der Waals surface area (Å²) in [6, 6.07) is 9.11. The van der Waals surface area contributed by atoms with Crippen molar-refractivity contribution in [2.75, 3.05) is 42.9 Å². The molecule has 0 atom stereocenters. The van der Waals surface area contributed by atoms with Crippen LogP contribution < -0.4 is 10.2 Å². The minimum atomic E-state index is -0.300. The molecule has 6 heteroatoms. The number of rotatable bonds is 4. The summed E-state index contributed by atoms with van der Waals surface area (Å²) in [7, 11) is 0. The molecule has 2 heterocycles. The minimum Gasteiger partial charge on any atom is -0.440 e.